The molecule has 2 amide bonds. The summed E-state index contributed by atoms with van der Waals surface area (Å²) in [6.07, 6.45) is 0.794. The smallest absolute Gasteiger partial charge is 0.251 e. The maximum Gasteiger partial charge on any atom is 0.251 e. The molecule has 2 aliphatic heterocycles. The van der Waals surface area contributed by atoms with E-state index in [2.05, 4.69) is 20.8 Å². The van der Waals surface area contributed by atoms with E-state index in [-0.39, 0.29) is 23.6 Å². The van der Waals surface area contributed by atoms with Crippen LogP contribution in [0.1, 0.15) is 22.7 Å². The first-order valence-electron chi connectivity index (χ1n) is 11.2. The van der Waals surface area contributed by atoms with Gasteiger partial charge in [0.2, 0.25) is 17.7 Å². The first-order valence-corrected chi connectivity index (χ1v) is 11.2. The van der Waals surface area contributed by atoms with Crippen LogP contribution in [0.25, 0.3) is 11.5 Å². The number of nitrogens with zero attached hydrogens (tertiary/aromatic N) is 3. The van der Waals surface area contributed by atoms with Gasteiger partial charge in [-0.25, -0.2) is 8.78 Å². The van der Waals surface area contributed by atoms with Gasteiger partial charge in [-0.15, -0.1) is 10.2 Å². The van der Waals surface area contributed by atoms with Gasteiger partial charge in [0.25, 0.3) is 5.91 Å². The Kier molecular flexibility index (Phi) is 6.16. The monoisotopic (exact) mass is 483 g/mol. The maximum absolute atomic E-state index is 13.5. The summed E-state index contributed by atoms with van der Waals surface area (Å²) in [5.74, 6) is -0.841. The van der Waals surface area contributed by atoms with Gasteiger partial charge in [0.15, 0.2) is 0 Å². The van der Waals surface area contributed by atoms with Crippen molar-refractivity contribution in [3.63, 3.8) is 0 Å². The van der Waals surface area contributed by atoms with Crippen LogP contribution >= 0.6 is 0 Å². The van der Waals surface area contributed by atoms with Gasteiger partial charge in [-0.1, -0.05) is 0 Å². The normalized spacial score (nSPS) is 21.9. The standard InChI is InChI=1S/C24H23F2N5O4/c1-34-19-4-2-13(3-5-19)24-30-29-21(35-24)10-18-11-27-23(33)20-9-17(12-31(18)20)28-22(32)14-6-15(25)8-16(26)7-14/h2-8,17-18,20H,9-12H2,1H3,(H,27,33)(H,28,32)/t17-,18+,20-/m0/s1. The number of benzene rings is 2. The Morgan fingerprint density at radius 1 is 1.20 bits per heavy atom. The number of ether oxygens (including phenoxy) is 1. The molecule has 0 radical (unpaired) electrons. The van der Waals surface area contributed by atoms with Crippen LogP contribution in [0.5, 0.6) is 5.75 Å². The highest BCUT2D eigenvalue weighted by Crippen LogP contribution is 2.27. The second-order valence-electron chi connectivity index (χ2n) is 8.61. The van der Waals surface area contributed by atoms with Crippen LogP contribution < -0.4 is 15.4 Å². The van der Waals surface area contributed by atoms with E-state index in [1.807, 2.05) is 17.0 Å². The summed E-state index contributed by atoms with van der Waals surface area (Å²) in [5, 5.41) is 14.0. The summed E-state index contributed by atoms with van der Waals surface area (Å²) < 4.78 is 38.0. The van der Waals surface area contributed by atoms with Crippen LogP contribution in [-0.2, 0) is 11.2 Å². The summed E-state index contributed by atoms with van der Waals surface area (Å²) in [5.41, 5.74) is 0.655. The molecule has 0 spiro atoms. The molecule has 5 rings (SSSR count). The van der Waals surface area contributed by atoms with Crippen molar-refractivity contribution in [2.24, 2.45) is 0 Å². The van der Waals surface area contributed by atoms with Crippen molar-refractivity contribution in [2.75, 3.05) is 20.2 Å². The average molecular weight is 483 g/mol. The SMILES string of the molecule is COc1ccc(-c2nnc(C[C@@H]3CNC(=O)[C@@H]4C[C@H](NC(=O)c5cc(F)cc(F)c5)CN34)o2)cc1. The van der Waals surface area contributed by atoms with Crippen molar-refractivity contribution in [1.29, 1.82) is 0 Å². The Hall–Kier alpha value is -3.86. The summed E-state index contributed by atoms with van der Waals surface area (Å²) in [6.45, 7) is 0.803. The molecule has 2 aromatic carbocycles. The summed E-state index contributed by atoms with van der Waals surface area (Å²) in [6, 6.07) is 9.01. The molecule has 182 valence electrons. The third-order valence-electron chi connectivity index (χ3n) is 6.30. The van der Waals surface area contributed by atoms with Crippen LogP contribution in [0, 0.1) is 11.6 Å². The molecule has 1 aromatic heterocycles. The van der Waals surface area contributed by atoms with Gasteiger partial charge in [-0.2, -0.15) is 0 Å². The van der Waals surface area contributed by atoms with Crippen molar-refractivity contribution in [1.82, 2.24) is 25.7 Å². The number of carbonyl (C=O) groups is 2. The Morgan fingerprint density at radius 3 is 2.66 bits per heavy atom. The fourth-order valence-electron chi connectivity index (χ4n) is 4.61. The van der Waals surface area contributed by atoms with E-state index < -0.39 is 23.6 Å². The molecule has 3 heterocycles. The Balaban J connectivity index is 1.26. The first-order chi connectivity index (χ1) is 16.9. The molecule has 9 nitrogen and oxygen atoms in total. The topological polar surface area (TPSA) is 110 Å². The van der Waals surface area contributed by atoms with E-state index >= 15 is 0 Å². The predicted molar refractivity (Wildman–Crippen MR) is 120 cm³/mol. The number of methoxy groups -OCH3 is 1. The molecular formula is C24H23F2N5O4. The fraction of sp³-hybridized carbons (Fsp3) is 0.333. The molecule has 0 saturated carbocycles. The molecule has 2 N–H and O–H groups in total. The number of hydrogen-bond acceptors (Lipinski definition) is 7. The first kappa shape index (κ1) is 22.9. The molecule has 0 aliphatic carbocycles. The molecule has 0 bridgehead atoms. The van der Waals surface area contributed by atoms with Crippen LogP contribution in [-0.4, -0.2) is 65.2 Å². The zero-order valence-electron chi connectivity index (χ0n) is 18.8. The van der Waals surface area contributed by atoms with Gasteiger partial charge in [0, 0.05) is 48.8 Å². The quantitative estimate of drug-likeness (QED) is 0.552. The van der Waals surface area contributed by atoms with Crippen molar-refractivity contribution in [3.05, 3.63) is 65.6 Å². The molecule has 11 heteroatoms. The molecule has 3 atom stereocenters. The van der Waals surface area contributed by atoms with Crippen LogP contribution in [0.15, 0.2) is 46.9 Å². The summed E-state index contributed by atoms with van der Waals surface area (Å²) in [7, 11) is 1.59. The summed E-state index contributed by atoms with van der Waals surface area (Å²) >= 11 is 0. The molecule has 2 saturated heterocycles. The fourth-order valence-corrected chi connectivity index (χ4v) is 4.61. The number of fused-ring (bicyclic) bond motifs is 1. The Bertz CT molecular complexity index is 1230. The second kappa shape index (κ2) is 9.41. The largest absolute Gasteiger partial charge is 0.497 e. The number of aromatic nitrogens is 2. The number of amides is 2. The number of halogens is 2. The average Bonchev–Trinajstić information content (AvgIpc) is 3.48. The van der Waals surface area contributed by atoms with Crippen LogP contribution in [0.4, 0.5) is 8.78 Å². The van der Waals surface area contributed by atoms with E-state index in [4.69, 9.17) is 9.15 Å². The molecular weight excluding hydrogens is 460 g/mol. The number of carbonyl (C=O) groups excluding carboxylic acids is 2. The van der Waals surface area contributed by atoms with Crippen molar-refractivity contribution in [3.8, 4) is 17.2 Å². The lowest BCUT2D eigenvalue weighted by molar-refractivity contribution is -0.129. The molecule has 3 aromatic rings. The Morgan fingerprint density at radius 2 is 1.94 bits per heavy atom. The number of hydrogen-bond donors (Lipinski definition) is 2. The minimum atomic E-state index is -0.827. The molecule has 0 unspecified atom stereocenters. The Labute approximate surface area is 199 Å². The third kappa shape index (κ3) is 4.85. The zero-order chi connectivity index (χ0) is 24.5. The van der Waals surface area contributed by atoms with Gasteiger partial charge in [-0.3, -0.25) is 14.5 Å². The molecule has 35 heavy (non-hydrogen) atoms. The second-order valence-corrected chi connectivity index (χ2v) is 8.61. The zero-order valence-corrected chi connectivity index (χ0v) is 18.8. The lowest BCUT2D eigenvalue weighted by Gasteiger charge is -2.36. The lowest BCUT2D eigenvalue weighted by atomic mass is 10.1. The van der Waals surface area contributed by atoms with E-state index in [0.717, 1.165) is 23.4 Å². The molecule has 2 aliphatic rings. The van der Waals surface area contributed by atoms with E-state index in [9.17, 15) is 18.4 Å². The lowest BCUT2D eigenvalue weighted by Crippen LogP contribution is -2.58. The highest BCUT2D eigenvalue weighted by atomic mass is 19.1. The van der Waals surface area contributed by atoms with Gasteiger partial charge < -0.3 is 19.8 Å². The van der Waals surface area contributed by atoms with E-state index in [0.29, 0.717) is 43.8 Å². The minimum Gasteiger partial charge on any atom is -0.497 e. The van der Waals surface area contributed by atoms with Crippen LogP contribution in [0.3, 0.4) is 0 Å². The predicted octanol–water partition coefficient (Wildman–Crippen LogP) is 1.94. The van der Waals surface area contributed by atoms with Gasteiger partial charge in [0.1, 0.15) is 17.4 Å². The minimum absolute atomic E-state index is 0.106. The maximum atomic E-state index is 13.5. The molecule has 2 fully saturated rings. The van der Waals surface area contributed by atoms with E-state index in [1.165, 1.54) is 0 Å². The number of rotatable bonds is 6. The number of piperazine rings is 1. The highest BCUT2D eigenvalue weighted by Gasteiger charge is 2.44. The highest BCUT2D eigenvalue weighted by molar-refractivity contribution is 5.94. The number of nitrogens with one attached hydrogen (secondary N) is 2. The van der Waals surface area contributed by atoms with Crippen LogP contribution in [0.2, 0.25) is 0 Å². The van der Waals surface area contributed by atoms with Gasteiger partial charge >= 0.3 is 0 Å². The van der Waals surface area contributed by atoms with Crippen molar-refractivity contribution in [2.45, 2.75) is 31.0 Å². The van der Waals surface area contributed by atoms with E-state index in [1.54, 1.807) is 19.2 Å². The van der Waals surface area contributed by atoms with Crippen molar-refractivity contribution < 1.29 is 27.5 Å². The summed E-state index contributed by atoms with van der Waals surface area (Å²) in [4.78, 5) is 27.0. The third-order valence-corrected chi connectivity index (χ3v) is 6.30. The van der Waals surface area contributed by atoms with Gasteiger partial charge in [-0.05, 0) is 42.8 Å². The van der Waals surface area contributed by atoms with Crippen molar-refractivity contribution >= 4 is 11.8 Å². The van der Waals surface area contributed by atoms with Gasteiger partial charge in [0.05, 0.1) is 13.2 Å².